The van der Waals surface area contributed by atoms with Gasteiger partial charge in [-0.15, -0.1) is 0 Å². The van der Waals surface area contributed by atoms with Gasteiger partial charge >= 0.3 is 0 Å². The highest BCUT2D eigenvalue weighted by molar-refractivity contribution is 5.78. The molecule has 116 valence electrons. The van der Waals surface area contributed by atoms with Crippen LogP contribution >= 0.6 is 0 Å². The lowest BCUT2D eigenvalue weighted by Crippen LogP contribution is -2.33. The molecule has 0 aliphatic carbocycles. The summed E-state index contributed by atoms with van der Waals surface area (Å²) in [5, 5.41) is 7.10. The van der Waals surface area contributed by atoms with E-state index >= 15 is 0 Å². The summed E-state index contributed by atoms with van der Waals surface area (Å²) in [6.45, 7) is 2.65. The summed E-state index contributed by atoms with van der Waals surface area (Å²) in [5.74, 6) is 0.232. The molecule has 1 aromatic heterocycles. The van der Waals surface area contributed by atoms with Gasteiger partial charge in [0.15, 0.2) is 0 Å². The highest BCUT2D eigenvalue weighted by Gasteiger charge is 2.20. The van der Waals surface area contributed by atoms with Gasteiger partial charge in [0.05, 0.1) is 6.54 Å². The molecule has 0 unspecified atom stereocenters. The van der Waals surface area contributed by atoms with Crippen LogP contribution in [0, 0.1) is 5.92 Å². The van der Waals surface area contributed by atoms with E-state index in [1.165, 1.54) is 6.33 Å². The van der Waals surface area contributed by atoms with Crippen LogP contribution in [-0.4, -0.2) is 33.9 Å². The van der Waals surface area contributed by atoms with E-state index in [1.807, 2.05) is 12.1 Å². The summed E-state index contributed by atoms with van der Waals surface area (Å²) in [6.07, 6.45) is 4.87. The van der Waals surface area contributed by atoms with Gasteiger partial charge in [0.25, 0.3) is 0 Å². The minimum atomic E-state index is 0.0975. The van der Waals surface area contributed by atoms with Crippen LogP contribution in [0.4, 0.5) is 0 Å². The van der Waals surface area contributed by atoms with Crippen molar-refractivity contribution in [2.45, 2.75) is 25.9 Å². The molecule has 0 radical (unpaired) electrons. The Morgan fingerprint density at radius 1 is 1.23 bits per heavy atom. The molecular weight excluding hydrogens is 280 g/mol. The van der Waals surface area contributed by atoms with E-state index in [1.54, 1.807) is 11.0 Å². The Hall–Kier alpha value is -2.21. The molecule has 1 aliphatic rings. The predicted molar refractivity (Wildman–Crippen MR) is 81.0 cm³/mol. The molecule has 6 nitrogen and oxygen atoms in total. The van der Waals surface area contributed by atoms with E-state index < -0.39 is 0 Å². The Morgan fingerprint density at radius 2 is 1.95 bits per heavy atom. The van der Waals surface area contributed by atoms with Crippen LogP contribution in [0.25, 0.3) is 0 Å². The normalized spacial score (nSPS) is 15.6. The zero-order valence-corrected chi connectivity index (χ0v) is 12.4. The maximum Gasteiger partial charge on any atom is 0.223 e. The standard InChI is InChI=1S/C16H20N4O2/c21-16(15-5-7-22-8-6-15)18-9-13-1-3-14(4-2-13)10-20-12-17-11-19-20/h1-4,11-12,15H,5-10H2,(H,18,21). The van der Waals surface area contributed by atoms with Gasteiger partial charge in [-0.1, -0.05) is 24.3 Å². The van der Waals surface area contributed by atoms with Crippen LogP contribution in [0.2, 0.25) is 0 Å². The Morgan fingerprint density at radius 3 is 2.64 bits per heavy atom. The van der Waals surface area contributed by atoms with Crippen molar-refractivity contribution in [3.63, 3.8) is 0 Å². The average Bonchev–Trinajstić information content (AvgIpc) is 3.08. The van der Waals surface area contributed by atoms with Crippen LogP contribution < -0.4 is 5.32 Å². The summed E-state index contributed by atoms with van der Waals surface area (Å²) < 4.78 is 7.06. The molecule has 0 saturated carbocycles. The van der Waals surface area contributed by atoms with Crippen molar-refractivity contribution in [2.24, 2.45) is 5.92 Å². The SMILES string of the molecule is O=C(NCc1ccc(Cn2cncn2)cc1)C1CCOCC1. The Bertz CT molecular complexity index is 589. The first-order valence-electron chi connectivity index (χ1n) is 7.57. The summed E-state index contributed by atoms with van der Waals surface area (Å²) in [4.78, 5) is 16.0. The Kier molecular flexibility index (Phi) is 4.80. The number of hydrogen-bond donors (Lipinski definition) is 1. The van der Waals surface area contributed by atoms with Crippen molar-refractivity contribution in [1.29, 1.82) is 0 Å². The summed E-state index contributed by atoms with van der Waals surface area (Å²) in [7, 11) is 0. The van der Waals surface area contributed by atoms with Crippen molar-refractivity contribution in [3.8, 4) is 0 Å². The average molecular weight is 300 g/mol. The molecule has 2 heterocycles. The molecule has 22 heavy (non-hydrogen) atoms. The third kappa shape index (κ3) is 3.92. The van der Waals surface area contributed by atoms with Gasteiger partial charge in [0, 0.05) is 25.7 Å². The lowest BCUT2D eigenvalue weighted by atomic mass is 9.99. The summed E-state index contributed by atoms with van der Waals surface area (Å²) in [5.41, 5.74) is 2.26. The number of carbonyl (C=O) groups is 1. The maximum atomic E-state index is 12.1. The van der Waals surface area contributed by atoms with Gasteiger partial charge < -0.3 is 10.1 Å². The summed E-state index contributed by atoms with van der Waals surface area (Å²) in [6, 6.07) is 8.18. The lowest BCUT2D eigenvalue weighted by Gasteiger charge is -2.21. The molecule has 0 atom stereocenters. The van der Waals surface area contributed by atoms with Gasteiger partial charge in [-0.05, 0) is 24.0 Å². The van der Waals surface area contributed by atoms with Crippen molar-refractivity contribution >= 4 is 5.91 Å². The van der Waals surface area contributed by atoms with Crippen molar-refractivity contribution < 1.29 is 9.53 Å². The minimum Gasteiger partial charge on any atom is -0.381 e. The van der Waals surface area contributed by atoms with Crippen molar-refractivity contribution in [3.05, 3.63) is 48.0 Å². The van der Waals surface area contributed by atoms with Crippen LogP contribution in [0.5, 0.6) is 0 Å². The van der Waals surface area contributed by atoms with E-state index in [0.29, 0.717) is 26.3 Å². The van der Waals surface area contributed by atoms with E-state index in [-0.39, 0.29) is 11.8 Å². The maximum absolute atomic E-state index is 12.1. The van der Waals surface area contributed by atoms with Gasteiger partial charge in [0.1, 0.15) is 12.7 Å². The fraction of sp³-hybridized carbons (Fsp3) is 0.438. The molecule has 0 bridgehead atoms. The third-order valence-corrected chi connectivity index (χ3v) is 3.89. The molecule has 1 aliphatic heterocycles. The fourth-order valence-corrected chi connectivity index (χ4v) is 2.56. The van der Waals surface area contributed by atoms with Crippen molar-refractivity contribution in [1.82, 2.24) is 20.1 Å². The van der Waals surface area contributed by atoms with Crippen LogP contribution in [0.15, 0.2) is 36.9 Å². The van der Waals surface area contributed by atoms with E-state index in [4.69, 9.17) is 4.74 Å². The van der Waals surface area contributed by atoms with E-state index in [2.05, 4.69) is 27.5 Å². The second-order valence-corrected chi connectivity index (χ2v) is 5.51. The number of nitrogens with zero attached hydrogens (tertiary/aromatic N) is 3. The molecular formula is C16H20N4O2. The number of carbonyl (C=O) groups excluding carboxylic acids is 1. The molecule has 0 spiro atoms. The smallest absolute Gasteiger partial charge is 0.223 e. The number of rotatable bonds is 5. The zero-order valence-electron chi connectivity index (χ0n) is 12.4. The molecule has 3 rings (SSSR count). The Labute approximate surface area is 129 Å². The number of aromatic nitrogens is 3. The number of hydrogen-bond acceptors (Lipinski definition) is 4. The predicted octanol–water partition coefficient (Wildman–Crippen LogP) is 1.37. The van der Waals surface area contributed by atoms with E-state index in [0.717, 1.165) is 24.0 Å². The van der Waals surface area contributed by atoms with Crippen LogP contribution in [0.1, 0.15) is 24.0 Å². The van der Waals surface area contributed by atoms with Crippen molar-refractivity contribution in [2.75, 3.05) is 13.2 Å². The second kappa shape index (κ2) is 7.17. The first kappa shape index (κ1) is 14.7. The molecule has 2 aromatic rings. The molecule has 1 saturated heterocycles. The fourth-order valence-electron chi connectivity index (χ4n) is 2.56. The number of ether oxygens (including phenoxy) is 1. The van der Waals surface area contributed by atoms with E-state index in [9.17, 15) is 4.79 Å². The largest absolute Gasteiger partial charge is 0.381 e. The molecule has 1 fully saturated rings. The number of amides is 1. The topological polar surface area (TPSA) is 69.0 Å². The highest BCUT2D eigenvalue weighted by Crippen LogP contribution is 2.15. The quantitative estimate of drug-likeness (QED) is 0.905. The number of nitrogens with one attached hydrogen (secondary N) is 1. The van der Waals surface area contributed by atoms with Gasteiger partial charge in [0.2, 0.25) is 5.91 Å². The van der Waals surface area contributed by atoms with Crippen LogP contribution in [0.3, 0.4) is 0 Å². The zero-order chi connectivity index (χ0) is 15.2. The third-order valence-electron chi connectivity index (χ3n) is 3.89. The highest BCUT2D eigenvalue weighted by atomic mass is 16.5. The monoisotopic (exact) mass is 300 g/mol. The lowest BCUT2D eigenvalue weighted by molar-refractivity contribution is -0.128. The van der Waals surface area contributed by atoms with Crippen LogP contribution in [-0.2, 0) is 22.6 Å². The number of benzene rings is 1. The first-order chi connectivity index (χ1) is 10.8. The summed E-state index contributed by atoms with van der Waals surface area (Å²) >= 11 is 0. The first-order valence-corrected chi connectivity index (χ1v) is 7.57. The van der Waals surface area contributed by atoms with Gasteiger partial charge in [-0.25, -0.2) is 9.67 Å². The Balaban J connectivity index is 1.49. The second-order valence-electron chi connectivity index (χ2n) is 5.51. The molecule has 1 amide bonds. The molecule has 6 heteroatoms. The molecule has 1 aromatic carbocycles. The minimum absolute atomic E-state index is 0.0975. The van der Waals surface area contributed by atoms with Gasteiger partial charge in [-0.3, -0.25) is 4.79 Å². The molecule has 1 N–H and O–H groups in total. The van der Waals surface area contributed by atoms with Gasteiger partial charge in [-0.2, -0.15) is 5.10 Å².